The van der Waals surface area contributed by atoms with Crippen LogP contribution in [0.4, 0.5) is 5.82 Å². The Kier molecular flexibility index (Phi) is 6.20. The van der Waals surface area contributed by atoms with Crippen LogP contribution in [0.3, 0.4) is 0 Å². The molecule has 0 saturated carbocycles. The fourth-order valence-electron chi connectivity index (χ4n) is 3.82. The van der Waals surface area contributed by atoms with Gasteiger partial charge in [-0.05, 0) is 30.4 Å². The predicted octanol–water partition coefficient (Wildman–Crippen LogP) is 1.09. The molecule has 0 aliphatic carbocycles. The molecule has 3 rings (SSSR count). The lowest BCUT2D eigenvalue weighted by Gasteiger charge is -2.38. The number of carbonyl (C=O) groups excluding carboxylic acids is 1. The van der Waals surface area contributed by atoms with Gasteiger partial charge in [-0.15, -0.1) is 5.10 Å². The van der Waals surface area contributed by atoms with Crippen molar-refractivity contribution in [2.24, 2.45) is 11.8 Å². The van der Waals surface area contributed by atoms with Gasteiger partial charge in [0.15, 0.2) is 0 Å². The number of aromatic nitrogens is 2. The summed E-state index contributed by atoms with van der Waals surface area (Å²) in [7, 11) is 0. The Hall–Kier alpha value is -1.73. The van der Waals surface area contributed by atoms with Crippen LogP contribution in [0.25, 0.3) is 0 Å². The summed E-state index contributed by atoms with van der Waals surface area (Å²) >= 11 is 0. The molecule has 0 bridgehead atoms. The lowest BCUT2D eigenvalue weighted by Crippen LogP contribution is -2.51. The van der Waals surface area contributed by atoms with E-state index in [1.807, 2.05) is 17.0 Å². The molecule has 0 spiro atoms. The third kappa shape index (κ3) is 5.37. The highest BCUT2D eigenvalue weighted by molar-refractivity contribution is 5.78. The van der Waals surface area contributed by atoms with Crippen molar-refractivity contribution in [1.82, 2.24) is 20.0 Å². The molecule has 1 aromatic rings. The van der Waals surface area contributed by atoms with E-state index < -0.39 is 0 Å². The van der Waals surface area contributed by atoms with Gasteiger partial charge in [-0.25, -0.2) is 0 Å². The molecule has 2 saturated heterocycles. The SMILES string of the molecule is C[C@@H]1C[C@H](C)CN(C(=O)CN2CCO[C@H](CNc3cccnn3)C2)C1. The molecule has 1 amide bonds. The van der Waals surface area contributed by atoms with Crippen LogP contribution in [-0.2, 0) is 9.53 Å². The number of carbonyl (C=O) groups is 1. The van der Waals surface area contributed by atoms with Gasteiger partial charge in [-0.3, -0.25) is 9.69 Å². The molecule has 2 fully saturated rings. The molecule has 138 valence electrons. The van der Waals surface area contributed by atoms with Crippen molar-refractivity contribution in [2.75, 3.05) is 51.2 Å². The number of morpholine rings is 1. The number of hydrogen-bond donors (Lipinski definition) is 1. The molecular weight excluding hydrogens is 318 g/mol. The fourth-order valence-corrected chi connectivity index (χ4v) is 3.82. The molecule has 1 N–H and O–H groups in total. The molecule has 3 atom stereocenters. The molecule has 1 aromatic heterocycles. The van der Waals surface area contributed by atoms with E-state index >= 15 is 0 Å². The topological polar surface area (TPSA) is 70.6 Å². The maximum absolute atomic E-state index is 12.7. The first-order valence-electron chi connectivity index (χ1n) is 9.23. The average Bonchev–Trinajstić information content (AvgIpc) is 2.60. The quantitative estimate of drug-likeness (QED) is 0.860. The van der Waals surface area contributed by atoms with Crippen molar-refractivity contribution in [1.29, 1.82) is 0 Å². The van der Waals surface area contributed by atoms with E-state index in [-0.39, 0.29) is 12.0 Å². The second-order valence-corrected chi connectivity index (χ2v) is 7.46. The number of hydrogen-bond acceptors (Lipinski definition) is 6. The molecule has 3 heterocycles. The van der Waals surface area contributed by atoms with E-state index in [2.05, 4.69) is 34.3 Å². The van der Waals surface area contributed by atoms with Gasteiger partial charge >= 0.3 is 0 Å². The number of nitrogens with one attached hydrogen (secondary N) is 1. The number of nitrogens with zero attached hydrogens (tertiary/aromatic N) is 4. The largest absolute Gasteiger partial charge is 0.374 e. The fraction of sp³-hybridized carbons (Fsp3) is 0.722. The summed E-state index contributed by atoms with van der Waals surface area (Å²) in [5, 5.41) is 11.1. The summed E-state index contributed by atoms with van der Waals surface area (Å²) in [6.45, 7) is 9.65. The zero-order valence-corrected chi connectivity index (χ0v) is 15.2. The van der Waals surface area contributed by atoms with Gasteiger partial charge in [0.25, 0.3) is 0 Å². The Balaban J connectivity index is 1.45. The smallest absolute Gasteiger partial charge is 0.236 e. The molecule has 0 radical (unpaired) electrons. The summed E-state index contributed by atoms with van der Waals surface area (Å²) in [6.07, 6.45) is 2.93. The second-order valence-electron chi connectivity index (χ2n) is 7.46. The van der Waals surface area contributed by atoms with Gasteiger partial charge < -0.3 is 15.0 Å². The maximum Gasteiger partial charge on any atom is 0.236 e. The average molecular weight is 347 g/mol. The van der Waals surface area contributed by atoms with E-state index in [1.54, 1.807) is 6.20 Å². The zero-order chi connectivity index (χ0) is 17.6. The summed E-state index contributed by atoms with van der Waals surface area (Å²) in [5.41, 5.74) is 0. The van der Waals surface area contributed by atoms with Crippen molar-refractivity contribution in [3.05, 3.63) is 18.3 Å². The summed E-state index contributed by atoms with van der Waals surface area (Å²) in [6, 6.07) is 3.73. The highest BCUT2D eigenvalue weighted by Crippen LogP contribution is 2.21. The van der Waals surface area contributed by atoms with Gasteiger partial charge in [0.05, 0.1) is 19.3 Å². The minimum atomic E-state index is 0.0581. The van der Waals surface area contributed by atoms with Crippen LogP contribution in [-0.4, -0.2) is 77.9 Å². The van der Waals surface area contributed by atoms with Crippen LogP contribution in [0, 0.1) is 11.8 Å². The minimum absolute atomic E-state index is 0.0581. The highest BCUT2D eigenvalue weighted by Gasteiger charge is 2.28. The van der Waals surface area contributed by atoms with E-state index in [9.17, 15) is 4.79 Å². The molecule has 0 aromatic carbocycles. The van der Waals surface area contributed by atoms with E-state index in [0.717, 1.165) is 32.0 Å². The Morgan fingerprint density at radius 1 is 1.32 bits per heavy atom. The number of piperidine rings is 1. The summed E-state index contributed by atoms with van der Waals surface area (Å²) in [5.74, 6) is 2.19. The van der Waals surface area contributed by atoms with Crippen molar-refractivity contribution in [3.8, 4) is 0 Å². The van der Waals surface area contributed by atoms with Gasteiger partial charge in [0, 0.05) is 38.9 Å². The highest BCUT2D eigenvalue weighted by atomic mass is 16.5. The maximum atomic E-state index is 12.7. The summed E-state index contributed by atoms with van der Waals surface area (Å²) in [4.78, 5) is 16.9. The van der Waals surface area contributed by atoms with Gasteiger partial charge in [-0.1, -0.05) is 13.8 Å². The number of ether oxygens (including phenoxy) is 1. The first-order chi connectivity index (χ1) is 12.1. The third-order valence-electron chi connectivity index (χ3n) is 4.89. The van der Waals surface area contributed by atoms with E-state index in [1.165, 1.54) is 6.42 Å². The van der Waals surface area contributed by atoms with Crippen molar-refractivity contribution in [2.45, 2.75) is 26.4 Å². The number of rotatable bonds is 5. The monoisotopic (exact) mass is 347 g/mol. The molecule has 7 heteroatoms. The molecule has 25 heavy (non-hydrogen) atoms. The first kappa shape index (κ1) is 18.1. The van der Waals surface area contributed by atoms with Crippen molar-refractivity contribution >= 4 is 11.7 Å². The normalized spacial score (nSPS) is 27.9. The Bertz CT molecular complexity index is 546. The standard InChI is InChI=1S/C18H29N5O2/c1-14-8-15(2)11-23(10-14)18(24)13-22-6-7-25-16(12-22)9-19-17-4-3-5-20-21-17/h3-5,14-16H,6-13H2,1-2H3,(H,19,21)/t14-,15+,16-/m1/s1. The van der Waals surface area contributed by atoms with Crippen LogP contribution >= 0.6 is 0 Å². The van der Waals surface area contributed by atoms with Crippen LogP contribution in [0.2, 0.25) is 0 Å². The summed E-state index contributed by atoms with van der Waals surface area (Å²) < 4.78 is 5.81. The van der Waals surface area contributed by atoms with Crippen LogP contribution in [0.15, 0.2) is 18.3 Å². The van der Waals surface area contributed by atoms with Crippen LogP contribution < -0.4 is 5.32 Å². The number of likely N-dealkylation sites (tertiary alicyclic amines) is 1. The van der Waals surface area contributed by atoms with E-state index in [0.29, 0.717) is 31.5 Å². The predicted molar refractivity (Wildman–Crippen MR) is 96.2 cm³/mol. The van der Waals surface area contributed by atoms with Gasteiger partial charge in [0.1, 0.15) is 5.82 Å². The second kappa shape index (κ2) is 8.58. The molecule has 7 nitrogen and oxygen atoms in total. The molecule has 2 aliphatic rings. The van der Waals surface area contributed by atoms with Gasteiger partial charge in [0.2, 0.25) is 5.91 Å². The number of anilines is 1. The van der Waals surface area contributed by atoms with Crippen LogP contribution in [0.1, 0.15) is 20.3 Å². The van der Waals surface area contributed by atoms with Gasteiger partial charge in [-0.2, -0.15) is 5.10 Å². The lowest BCUT2D eigenvalue weighted by molar-refractivity contribution is -0.136. The Morgan fingerprint density at radius 2 is 2.12 bits per heavy atom. The van der Waals surface area contributed by atoms with Crippen molar-refractivity contribution in [3.63, 3.8) is 0 Å². The van der Waals surface area contributed by atoms with E-state index in [4.69, 9.17) is 4.74 Å². The first-order valence-corrected chi connectivity index (χ1v) is 9.23. The minimum Gasteiger partial charge on any atom is -0.374 e. The van der Waals surface area contributed by atoms with Crippen molar-refractivity contribution < 1.29 is 9.53 Å². The number of amides is 1. The Labute approximate surface area is 149 Å². The zero-order valence-electron chi connectivity index (χ0n) is 15.2. The van der Waals surface area contributed by atoms with Crippen LogP contribution in [0.5, 0.6) is 0 Å². The molecule has 0 unspecified atom stereocenters. The third-order valence-corrected chi connectivity index (χ3v) is 4.89. The molecular formula is C18H29N5O2. The lowest BCUT2D eigenvalue weighted by atomic mass is 9.92. The Morgan fingerprint density at radius 3 is 2.84 bits per heavy atom. The molecule has 2 aliphatic heterocycles.